The van der Waals surface area contributed by atoms with Gasteiger partial charge in [-0.15, -0.1) is 0 Å². The second kappa shape index (κ2) is 7.22. The number of hydrogen-bond donors (Lipinski definition) is 0. The van der Waals surface area contributed by atoms with Crippen LogP contribution in [0.5, 0.6) is 0 Å². The average molecular weight is 333 g/mol. The van der Waals surface area contributed by atoms with Crippen molar-refractivity contribution in [3.05, 3.63) is 52.3 Å². The lowest BCUT2D eigenvalue weighted by atomic mass is 10.1. The maximum absolute atomic E-state index is 8.82. The molecular weight excluding hydrogens is 316 g/mol. The SMILES string of the molecule is CCCN(Cc1ccc(C#N)cc1)Cn1cc(Br)cn1. The molecule has 0 bridgehead atoms. The maximum Gasteiger partial charge on any atom is 0.0991 e. The van der Waals surface area contributed by atoms with Gasteiger partial charge in [0, 0.05) is 12.7 Å². The van der Waals surface area contributed by atoms with Crippen LogP contribution < -0.4 is 0 Å². The minimum atomic E-state index is 0.701. The monoisotopic (exact) mass is 332 g/mol. The molecule has 0 radical (unpaired) electrons. The van der Waals surface area contributed by atoms with Crippen molar-refractivity contribution in [1.29, 1.82) is 5.26 Å². The molecule has 1 aromatic heterocycles. The second-order valence-electron chi connectivity index (χ2n) is 4.70. The van der Waals surface area contributed by atoms with Crippen LogP contribution in [-0.4, -0.2) is 21.2 Å². The first-order valence-corrected chi connectivity index (χ1v) is 7.40. The van der Waals surface area contributed by atoms with E-state index in [0.29, 0.717) is 5.56 Å². The molecule has 2 aromatic rings. The molecule has 5 heteroatoms. The van der Waals surface area contributed by atoms with E-state index in [9.17, 15) is 0 Å². The van der Waals surface area contributed by atoms with E-state index in [-0.39, 0.29) is 0 Å². The van der Waals surface area contributed by atoms with Gasteiger partial charge in [-0.3, -0.25) is 9.58 Å². The van der Waals surface area contributed by atoms with E-state index in [1.807, 2.05) is 35.1 Å². The smallest absolute Gasteiger partial charge is 0.0991 e. The average Bonchev–Trinajstić information content (AvgIpc) is 2.85. The van der Waals surface area contributed by atoms with Crippen molar-refractivity contribution < 1.29 is 0 Å². The zero-order valence-electron chi connectivity index (χ0n) is 11.5. The fraction of sp³-hybridized carbons (Fsp3) is 0.333. The van der Waals surface area contributed by atoms with Crippen molar-refractivity contribution in [2.45, 2.75) is 26.6 Å². The number of rotatable bonds is 6. The van der Waals surface area contributed by atoms with Crippen molar-refractivity contribution in [2.75, 3.05) is 6.54 Å². The predicted octanol–water partition coefficient (Wildman–Crippen LogP) is 3.39. The van der Waals surface area contributed by atoms with Crippen LogP contribution >= 0.6 is 15.9 Å². The van der Waals surface area contributed by atoms with E-state index >= 15 is 0 Å². The molecule has 0 saturated heterocycles. The number of nitrogens with zero attached hydrogens (tertiary/aromatic N) is 4. The third-order valence-corrected chi connectivity index (χ3v) is 3.39. The zero-order valence-corrected chi connectivity index (χ0v) is 13.0. The largest absolute Gasteiger partial charge is 0.280 e. The van der Waals surface area contributed by atoms with Crippen molar-refractivity contribution in [3.63, 3.8) is 0 Å². The van der Waals surface area contributed by atoms with Crippen LogP contribution in [0.25, 0.3) is 0 Å². The van der Waals surface area contributed by atoms with Gasteiger partial charge in [-0.1, -0.05) is 19.1 Å². The lowest BCUT2D eigenvalue weighted by Crippen LogP contribution is -2.27. The Labute approximate surface area is 127 Å². The summed E-state index contributed by atoms with van der Waals surface area (Å²) in [5, 5.41) is 13.1. The van der Waals surface area contributed by atoms with Crippen LogP contribution in [0.3, 0.4) is 0 Å². The van der Waals surface area contributed by atoms with Crippen LogP contribution in [0.2, 0.25) is 0 Å². The predicted molar refractivity (Wildman–Crippen MR) is 81.8 cm³/mol. The van der Waals surface area contributed by atoms with Gasteiger partial charge in [0.25, 0.3) is 0 Å². The third-order valence-electron chi connectivity index (χ3n) is 2.98. The van der Waals surface area contributed by atoms with Crippen LogP contribution in [0.15, 0.2) is 41.1 Å². The molecule has 104 valence electrons. The molecule has 0 N–H and O–H groups in total. The Morgan fingerprint density at radius 1 is 1.35 bits per heavy atom. The molecule has 0 spiro atoms. The topological polar surface area (TPSA) is 44.9 Å². The minimum Gasteiger partial charge on any atom is -0.280 e. The summed E-state index contributed by atoms with van der Waals surface area (Å²) in [5.74, 6) is 0. The van der Waals surface area contributed by atoms with E-state index in [4.69, 9.17) is 5.26 Å². The van der Waals surface area contributed by atoms with Crippen LogP contribution in [0.4, 0.5) is 0 Å². The molecule has 0 aliphatic carbocycles. The summed E-state index contributed by atoms with van der Waals surface area (Å²) in [6.07, 6.45) is 4.87. The number of nitriles is 1. The summed E-state index contributed by atoms with van der Waals surface area (Å²) in [6.45, 7) is 4.80. The Kier molecular flexibility index (Phi) is 5.33. The van der Waals surface area contributed by atoms with Gasteiger partial charge >= 0.3 is 0 Å². The van der Waals surface area contributed by atoms with E-state index < -0.39 is 0 Å². The summed E-state index contributed by atoms with van der Waals surface area (Å²) in [5.41, 5.74) is 1.91. The van der Waals surface area contributed by atoms with Crippen molar-refractivity contribution in [3.8, 4) is 6.07 Å². The molecule has 2 rings (SSSR count). The Morgan fingerprint density at radius 2 is 2.10 bits per heavy atom. The standard InChI is InChI=1S/C15H17BrN4/c1-2-7-19(12-20-11-15(16)9-18-20)10-14-5-3-13(8-17)4-6-14/h3-6,9,11H,2,7,10,12H2,1H3. The highest BCUT2D eigenvalue weighted by Gasteiger charge is 2.07. The summed E-state index contributed by atoms with van der Waals surface area (Å²) in [6, 6.07) is 9.90. The number of halogens is 1. The van der Waals surface area contributed by atoms with Gasteiger partial charge in [0.1, 0.15) is 0 Å². The molecule has 0 atom stereocenters. The van der Waals surface area contributed by atoms with Crippen LogP contribution in [0, 0.1) is 11.3 Å². The molecular formula is C15H17BrN4. The van der Waals surface area contributed by atoms with Gasteiger partial charge in [-0.05, 0) is 46.6 Å². The molecule has 1 heterocycles. The fourth-order valence-electron chi connectivity index (χ4n) is 2.08. The molecule has 20 heavy (non-hydrogen) atoms. The Hall–Kier alpha value is -1.64. The summed E-state index contributed by atoms with van der Waals surface area (Å²) in [7, 11) is 0. The summed E-state index contributed by atoms with van der Waals surface area (Å²) < 4.78 is 2.91. The zero-order chi connectivity index (χ0) is 14.4. The molecule has 0 amide bonds. The molecule has 0 unspecified atom stereocenters. The van der Waals surface area contributed by atoms with E-state index in [2.05, 4.69) is 38.9 Å². The molecule has 4 nitrogen and oxygen atoms in total. The molecule has 0 aliphatic heterocycles. The van der Waals surface area contributed by atoms with Gasteiger partial charge in [-0.25, -0.2) is 0 Å². The molecule has 0 aliphatic rings. The van der Waals surface area contributed by atoms with Crippen molar-refractivity contribution in [1.82, 2.24) is 14.7 Å². The Morgan fingerprint density at radius 3 is 2.65 bits per heavy atom. The normalized spacial score (nSPS) is 10.7. The van der Waals surface area contributed by atoms with Gasteiger partial charge < -0.3 is 0 Å². The van der Waals surface area contributed by atoms with E-state index in [1.54, 1.807) is 6.20 Å². The molecule has 0 saturated carbocycles. The Balaban J connectivity index is 2.02. The van der Waals surface area contributed by atoms with E-state index in [0.717, 1.165) is 30.7 Å². The fourth-order valence-corrected chi connectivity index (χ4v) is 2.41. The number of aromatic nitrogens is 2. The number of benzene rings is 1. The highest BCUT2D eigenvalue weighted by molar-refractivity contribution is 9.10. The second-order valence-corrected chi connectivity index (χ2v) is 5.62. The van der Waals surface area contributed by atoms with Gasteiger partial charge in [-0.2, -0.15) is 10.4 Å². The highest BCUT2D eigenvalue weighted by Crippen LogP contribution is 2.11. The lowest BCUT2D eigenvalue weighted by molar-refractivity contribution is 0.199. The third kappa shape index (κ3) is 4.19. The minimum absolute atomic E-state index is 0.701. The van der Waals surface area contributed by atoms with Crippen molar-refractivity contribution >= 4 is 15.9 Å². The van der Waals surface area contributed by atoms with Gasteiger partial charge in [0.2, 0.25) is 0 Å². The first kappa shape index (κ1) is 14.8. The Bertz CT molecular complexity index is 583. The van der Waals surface area contributed by atoms with Gasteiger partial charge in [0.05, 0.1) is 29.0 Å². The molecule has 0 fully saturated rings. The summed E-state index contributed by atoms with van der Waals surface area (Å²) >= 11 is 3.41. The number of hydrogen-bond acceptors (Lipinski definition) is 3. The van der Waals surface area contributed by atoms with Crippen LogP contribution in [0.1, 0.15) is 24.5 Å². The summed E-state index contributed by atoms with van der Waals surface area (Å²) in [4.78, 5) is 2.33. The molecule has 1 aromatic carbocycles. The van der Waals surface area contributed by atoms with E-state index in [1.165, 1.54) is 5.56 Å². The first-order valence-electron chi connectivity index (χ1n) is 6.60. The first-order chi connectivity index (χ1) is 9.71. The van der Waals surface area contributed by atoms with Crippen LogP contribution in [-0.2, 0) is 13.2 Å². The lowest BCUT2D eigenvalue weighted by Gasteiger charge is -2.21. The van der Waals surface area contributed by atoms with Crippen molar-refractivity contribution in [2.24, 2.45) is 0 Å². The maximum atomic E-state index is 8.82. The van der Waals surface area contributed by atoms with Gasteiger partial charge in [0.15, 0.2) is 0 Å². The quantitative estimate of drug-likeness (QED) is 0.814. The highest BCUT2D eigenvalue weighted by atomic mass is 79.9.